The summed E-state index contributed by atoms with van der Waals surface area (Å²) in [6.45, 7) is 4.92. The lowest BCUT2D eigenvalue weighted by Gasteiger charge is -2.15. The van der Waals surface area contributed by atoms with Crippen LogP contribution in [-0.2, 0) is 9.53 Å². The summed E-state index contributed by atoms with van der Waals surface area (Å²) in [5.41, 5.74) is 0.441. The molecule has 160 valence electrons. The van der Waals surface area contributed by atoms with Crippen LogP contribution in [-0.4, -0.2) is 30.9 Å². The van der Waals surface area contributed by atoms with E-state index in [4.69, 9.17) is 18.6 Å². The fraction of sp³-hybridized carbons (Fsp3) is 0.545. The predicted molar refractivity (Wildman–Crippen MR) is 109 cm³/mol. The van der Waals surface area contributed by atoms with Crippen LogP contribution in [0.5, 0.6) is 17.4 Å². The second-order valence-corrected chi connectivity index (χ2v) is 6.74. The Morgan fingerprint density at radius 1 is 1.07 bits per heavy atom. The van der Waals surface area contributed by atoms with Gasteiger partial charge in [-0.15, -0.1) is 0 Å². The smallest absolute Gasteiger partial charge is 0.305 e. The normalized spacial score (nSPS) is 10.8. The molecule has 0 fully saturated rings. The Morgan fingerprint density at radius 3 is 2.59 bits per heavy atom. The van der Waals surface area contributed by atoms with Crippen LogP contribution in [0.1, 0.15) is 58.8 Å². The number of phenols is 1. The fourth-order valence-electron chi connectivity index (χ4n) is 2.94. The lowest BCUT2D eigenvalue weighted by molar-refractivity contribution is -0.143. The quantitative estimate of drug-likeness (QED) is 0.386. The fourth-order valence-corrected chi connectivity index (χ4v) is 2.94. The highest BCUT2D eigenvalue weighted by Crippen LogP contribution is 2.42. The largest absolute Gasteiger partial charge is 0.504 e. The molecule has 0 amide bonds. The van der Waals surface area contributed by atoms with Crippen LogP contribution in [0.4, 0.5) is 0 Å². The summed E-state index contributed by atoms with van der Waals surface area (Å²) in [5, 5.41) is 10.6. The zero-order chi connectivity index (χ0) is 21.1. The maximum Gasteiger partial charge on any atom is 0.305 e. The third kappa shape index (κ3) is 6.69. The lowest BCUT2D eigenvalue weighted by Crippen LogP contribution is -2.11. The molecule has 0 saturated carbocycles. The van der Waals surface area contributed by atoms with E-state index in [2.05, 4.69) is 6.92 Å². The van der Waals surface area contributed by atoms with Crippen LogP contribution in [0.15, 0.2) is 27.6 Å². The van der Waals surface area contributed by atoms with Crippen molar-refractivity contribution in [3.63, 3.8) is 0 Å². The van der Waals surface area contributed by atoms with Crippen molar-refractivity contribution in [2.24, 2.45) is 0 Å². The van der Waals surface area contributed by atoms with Crippen molar-refractivity contribution in [1.82, 2.24) is 0 Å². The van der Waals surface area contributed by atoms with Crippen LogP contribution in [0.25, 0.3) is 11.1 Å². The van der Waals surface area contributed by atoms with Gasteiger partial charge in [-0.2, -0.15) is 0 Å². The molecule has 2 rings (SSSR count). The van der Waals surface area contributed by atoms with Gasteiger partial charge in [0.15, 0.2) is 5.75 Å². The summed E-state index contributed by atoms with van der Waals surface area (Å²) in [6, 6.07) is 2.99. The third-order valence-electron chi connectivity index (χ3n) is 4.44. The molecule has 1 N–H and O–H groups in total. The summed E-state index contributed by atoms with van der Waals surface area (Å²) in [5.74, 6) is -0.466. The maximum atomic E-state index is 12.3. The first-order valence-electron chi connectivity index (χ1n) is 10.3. The number of aromatic hydroxyl groups is 1. The highest BCUT2D eigenvalue weighted by molar-refractivity contribution is 5.78. The molecule has 1 aliphatic heterocycles. The third-order valence-corrected chi connectivity index (χ3v) is 4.44. The SMILES string of the molecule is CCCCCCOc1c(O)c2c(OCCCCC(=O)OCC)occc-2cc1=O. The Hall–Kier alpha value is -2.70. The Kier molecular flexibility index (Phi) is 9.34. The van der Waals surface area contributed by atoms with Gasteiger partial charge in [-0.25, -0.2) is 0 Å². The highest BCUT2D eigenvalue weighted by atomic mass is 16.6. The van der Waals surface area contributed by atoms with Gasteiger partial charge in [0, 0.05) is 6.42 Å². The average Bonchev–Trinajstić information content (AvgIpc) is 2.69. The molecule has 7 heteroatoms. The van der Waals surface area contributed by atoms with E-state index in [-0.39, 0.29) is 28.8 Å². The second-order valence-electron chi connectivity index (χ2n) is 6.74. The summed E-state index contributed by atoms with van der Waals surface area (Å²) in [6.07, 6.45) is 6.99. The van der Waals surface area contributed by atoms with E-state index in [1.807, 2.05) is 0 Å². The highest BCUT2D eigenvalue weighted by Gasteiger charge is 2.23. The van der Waals surface area contributed by atoms with E-state index >= 15 is 0 Å². The summed E-state index contributed by atoms with van der Waals surface area (Å²) >= 11 is 0. The van der Waals surface area contributed by atoms with Gasteiger partial charge in [0.2, 0.25) is 11.2 Å². The molecule has 29 heavy (non-hydrogen) atoms. The summed E-state index contributed by atoms with van der Waals surface area (Å²) < 4.78 is 21.5. The summed E-state index contributed by atoms with van der Waals surface area (Å²) in [4.78, 5) is 23.7. The average molecular weight is 406 g/mol. The van der Waals surface area contributed by atoms with Crippen molar-refractivity contribution in [3.8, 4) is 28.6 Å². The molecule has 0 saturated heterocycles. The monoisotopic (exact) mass is 406 g/mol. The number of phenolic OH excluding ortho intramolecular Hbond substituents is 1. The number of esters is 1. The van der Waals surface area contributed by atoms with Crippen molar-refractivity contribution in [1.29, 1.82) is 0 Å². The van der Waals surface area contributed by atoms with Crippen molar-refractivity contribution >= 4 is 5.97 Å². The number of fused-ring (bicyclic) bond motifs is 1. The van der Waals surface area contributed by atoms with E-state index < -0.39 is 0 Å². The van der Waals surface area contributed by atoms with E-state index in [0.717, 1.165) is 25.7 Å². The minimum Gasteiger partial charge on any atom is -0.504 e. The molecule has 0 unspecified atom stereocenters. The van der Waals surface area contributed by atoms with Crippen LogP contribution < -0.4 is 14.9 Å². The van der Waals surface area contributed by atoms with Crippen molar-refractivity contribution < 1.29 is 28.5 Å². The molecule has 7 nitrogen and oxygen atoms in total. The maximum absolute atomic E-state index is 12.3. The summed E-state index contributed by atoms with van der Waals surface area (Å²) in [7, 11) is 0. The minimum atomic E-state index is -0.378. The second kappa shape index (κ2) is 12.0. The van der Waals surface area contributed by atoms with Gasteiger partial charge in [-0.1, -0.05) is 26.2 Å². The van der Waals surface area contributed by atoms with Crippen LogP contribution in [0.3, 0.4) is 0 Å². The standard InChI is InChI=1S/C22H30O7/c1-3-5-6-8-12-27-21-17(23)15-16-11-14-29-22(19(16)20(21)25)28-13-9-7-10-18(24)26-4-2/h11,14-15,25H,3-10,12-13H2,1-2H3. The molecule has 0 bridgehead atoms. The first-order chi connectivity index (χ1) is 14.1. The van der Waals surface area contributed by atoms with Gasteiger partial charge in [0.1, 0.15) is 5.56 Å². The number of hydrogen-bond donors (Lipinski definition) is 1. The number of unbranched alkanes of at least 4 members (excludes halogenated alkanes) is 4. The van der Waals surface area contributed by atoms with Crippen LogP contribution in [0.2, 0.25) is 0 Å². The lowest BCUT2D eigenvalue weighted by atomic mass is 10.0. The van der Waals surface area contributed by atoms with E-state index in [0.29, 0.717) is 50.2 Å². The van der Waals surface area contributed by atoms with Gasteiger partial charge in [0.25, 0.3) is 5.95 Å². The number of benzene rings is 1. The molecule has 0 radical (unpaired) electrons. The Bertz CT molecular complexity index is 796. The zero-order valence-corrected chi connectivity index (χ0v) is 17.2. The van der Waals surface area contributed by atoms with E-state index in [9.17, 15) is 14.7 Å². The predicted octanol–water partition coefficient (Wildman–Crippen LogP) is 4.52. The molecule has 2 aliphatic rings. The molecule has 1 heterocycles. The van der Waals surface area contributed by atoms with Gasteiger partial charge in [-0.05, 0) is 43.9 Å². The molecule has 0 spiro atoms. The topological polar surface area (TPSA) is 95.2 Å². The van der Waals surface area contributed by atoms with Gasteiger partial charge >= 0.3 is 5.97 Å². The first kappa shape index (κ1) is 22.6. The number of carbonyl (C=O) groups is 1. The molecule has 0 atom stereocenters. The number of ether oxygens (including phenoxy) is 3. The Morgan fingerprint density at radius 2 is 1.83 bits per heavy atom. The molecular weight excluding hydrogens is 376 g/mol. The van der Waals surface area contributed by atoms with Crippen molar-refractivity contribution in [2.45, 2.75) is 58.8 Å². The number of rotatable bonds is 13. The number of carbonyl (C=O) groups excluding carboxylic acids is 1. The van der Waals surface area contributed by atoms with Gasteiger partial charge < -0.3 is 23.7 Å². The molecule has 0 aromatic carbocycles. The molecule has 0 aromatic heterocycles. The van der Waals surface area contributed by atoms with E-state index in [1.54, 1.807) is 13.0 Å². The van der Waals surface area contributed by atoms with Gasteiger partial charge in [-0.3, -0.25) is 9.59 Å². The number of hydrogen-bond acceptors (Lipinski definition) is 7. The van der Waals surface area contributed by atoms with Crippen molar-refractivity contribution in [2.75, 3.05) is 19.8 Å². The minimum absolute atomic E-state index is 0.0810. The van der Waals surface area contributed by atoms with Gasteiger partial charge in [0.05, 0.1) is 26.1 Å². The molecular formula is C22H30O7. The van der Waals surface area contributed by atoms with Crippen molar-refractivity contribution in [3.05, 3.63) is 28.6 Å². The Balaban J connectivity index is 2.03. The zero-order valence-electron chi connectivity index (χ0n) is 17.2. The molecule has 0 aromatic rings. The molecule has 1 aliphatic carbocycles. The van der Waals surface area contributed by atoms with Crippen LogP contribution in [0, 0.1) is 0 Å². The Labute approximate surface area is 170 Å². The first-order valence-corrected chi connectivity index (χ1v) is 10.3. The van der Waals surface area contributed by atoms with E-state index in [1.165, 1.54) is 12.3 Å². The van der Waals surface area contributed by atoms with Crippen LogP contribution >= 0.6 is 0 Å².